The highest BCUT2D eigenvalue weighted by Crippen LogP contribution is 2.17. The molecular weight excluding hydrogens is 216 g/mol. The maximum atomic E-state index is 12.4. The Morgan fingerprint density at radius 2 is 2.18 bits per heavy atom. The van der Waals surface area contributed by atoms with Gasteiger partial charge in [0, 0.05) is 32.3 Å². The van der Waals surface area contributed by atoms with Gasteiger partial charge < -0.3 is 15.0 Å². The molecule has 1 N–H and O–H groups in total. The first-order valence-electron chi connectivity index (χ1n) is 6.59. The van der Waals surface area contributed by atoms with E-state index in [4.69, 9.17) is 4.74 Å². The van der Waals surface area contributed by atoms with Gasteiger partial charge in [0.1, 0.15) is 0 Å². The van der Waals surface area contributed by atoms with E-state index in [1.165, 1.54) is 0 Å². The van der Waals surface area contributed by atoms with Crippen molar-refractivity contribution in [3.63, 3.8) is 0 Å². The lowest BCUT2D eigenvalue weighted by Gasteiger charge is -2.34. The Morgan fingerprint density at radius 1 is 1.47 bits per heavy atom. The van der Waals surface area contributed by atoms with E-state index in [0.717, 1.165) is 19.4 Å². The Balaban J connectivity index is 2.52. The van der Waals surface area contributed by atoms with Crippen LogP contribution in [0.4, 0.5) is 0 Å². The molecule has 100 valence electrons. The van der Waals surface area contributed by atoms with Gasteiger partial charge in [0.2, 0.25) is 5.91 Å². The first-order valence-corrected chi connectivity index (χ1v) is 6.59. The number of nitrogens with zero attached hydrogens (tertiary/aromatic N) is 1. The fourth-order valence-corrected chi connectivity index (χ4v) is 2.26. The molecule has 1 saturated heterocycles. The maximum Gasteiger partial charge on any atom is 0.227 e. The summed E-state index contributed by atoms with van der Waals surface area (Å²) in [5.74, 6) is 0.418. The lowest BCUT2D eigenvalue weighted by atomic mass is 9.94. The number of hydrogen-bond donors (Lipinski definition) is 1. The van der Waals surface area contributed by atoms with E-state index in [-0.39, 0.29) is 17.9 Å². The van der Waals surface area contributed by atoms with Crippen LogP contribution in [0.1, 0.15) is 33.6 Å². The highest BCUT2D eigenvalue weighted by atomic mass is 16.5. The summed E-state index contributed by atoms with van der Waals surface area (Å²) in [7, 11) is 1.67. The summed E-state index contributed by atoms with van der Waals surface area (Å²) < 4.78 is 5.07. The molecule has 1 aliphatic heterocycles. The lowest BCUT2D eigenvalue weighted by molar-refractivity contribution is -0.138. The summed E-state index contributed by atoms with van der Waals surface area (Å²) in [5.41, 5.74) is 0. The quantitative estimate of drug-likeness (QED) is 0.789. The molecule has 2 atom stereocenters. The molecule has 1 fully saturated rings. The number of ether oxygens (including phenoxy) is 1. The summed E-state index contributed by atoms with van der Waals surface area (Å²) in [4.78, 5) is 14.3. The SMILES string of the molecule is COCCN(C(=O)C1CCC(C)NC1)C(C)C. The molecule has 0 aromatic heterocycles. The zero-order chi connectivity index (χ0) is 12.8. The predicted molar refractivity (Wildman–Crippen MR) is 68.9 cm³/mol. The van der Waals surface area contributed by atoms with Crippen molar-refractivity contribution in [2.45, 2.75) is 45.7 Å². The fraction of sp³-hybridized carbons (Fsp3) is 0.923. The van der Waals surface area contributed by atoms with Gasteiger partial charge in [0.05, 0.1) is 12.5 Å². The van der Waals surface area contributed by atoms with E-state index in [0.29, 0.717) is 19.2 Å². The second-order valence-electron chi connectivity index (χ2n) is 5.20. The van der Waals surface area contributed by atoms with Crippen LogP contribution in [0.2, 0.25) is 0 Å². The molecule has 17 heavy (non-hydrogen) atoms. The Bertz CT molecular complexity index is 236. The molecule has 0 spiro atoms. The number of amides is 1. The molecule has 1 amide bonds. The van der Waals surface area contributed by atoms with Crippen LogP contribution in [0.25, 0.3) is 0 Å². The minimum Gasteiger partial charge on any atom is -0.383 e. The molecule has 1 rings (SSSR count). The van der Waals surface area contributed by atoms with Gasteiger partial charge in [0.15, 0.2) is 0 Å². The number of carbonyl (C=O) groups is 1. The van der Waals surface area contributed by atoms with Crippen molar-refractivity contribution in [3.05, 3.63) is 0 Å². The number of rotatable bonds is 5. The largest absolute Gasteiger partial charge is 0.383 e. The van der Waals surface area contributed by atoms with E-state index in [2.05, 4.69) is 26.1 Å². The van der Waals surface area contributed by atoms with Crippen molar-refractivity contribution >= 4 is 5.91 Å². The minimum absolute atomic E-state index is 0.144. The Morgan fingerprint density at radius 3 is 2.65 bits per heavy atom. The van der Waals surface area contributed by atoms with Crippen molar-refractivity contribution in [1.82, 2.24) is 10.2 Å². The highest BCUT2D eigenvalue weighted by Gasteiger charge is 2.28. The van der Waals surface area contributed by atoms with Gasteiger partial charge in [-0.25, -0.2) is 0 Å². The second kappa shape index (κ2) is 6.97. The summed E-state index contributed by atoms with van der Waals surface area (Å²) in [6, 6.07) is 0.794. The summed E-state index contributed by atoms with van der Waals surface area (Å²) >= 11 is 0. The van der Waals surface area contributed by atoms with Crippen LogP contribution in [0.5, 0.6) is 0 Å². The van der Waals surface area contributed by atoms with Crippen LogP contribution in [-0.2, 0) is 9.53 Å². The Labute approximate surface area is 105 Å². The van der Waals surface area contributed by atoms with Crippen LogP contribution in [0, 0.1) is 5.92 Å². The first-order chi connectivity index (χ1) is 8.06. The number of carbonyl (C=O) groups excluding carboxylic acids is 1. The van der Waals surface area contributed by atoms with E-state index >= 15 is 0 Å². The molecule has 0 saturated carbocycles. The summed E-state index contributed by atoms with van der Waals surface area (Å²) in [6.07, 6.45) is 2.09. The van der Waals surface area contributed by atoms with Crippen molar-refractivity contribution in [2.24, 2.45) is 5.92 Å². The molecular formula is C13H26N2O2. The van der Waals surface area contributed by atoms with Crippen LogP contribution in [-0.4, -0.2) is 49.7 Å². The van der Waals surface area contributed by atoms with Gasteiger partial charge in [-0.3, -0.25) is 4.79 Å². The zero-order valence-electron chi connectivity index (χ0n) is 11.5. The van der Waals surface area contributed by atoms with Crippen LogP contribution in [0.15, 0.2) is 0 Å². The van der Waals surface area contributed by atoms with Crippen molar-refractivity contribution < 1.29 is 9.53 Å². The number of nitrogens with one attached hydrogen (secondary N) is 1. The van der Waals surface area contributed by atoms with Crippen LogP contribution in [0.3, 0.4) is 0 Å². The first kappa shape index (κ1) is 14.5. The molecule has 0 bridgehead atoms. The molecule has 4 nitrogen and oxygen atoms in total. The summed E-state index contributed by atoms with van der Waals surface area (Å²) in [6.45, 7) is 8.42. The number of methoxy groups -OCH3 is 1. The van der Waals surface area contributed by atoms with Crippen LogP contribution < -0.4 is 5.32 Å². The topological polar surface area (TPSA) is 41.6 Å². The third-order valence-corrected chi connectivity index (χ3v) is 3.45. The third-order valence-electron chi connectivity index (χ3n) is 3.45. The Kier molecular flexibility index (Phi) is 5.92. The molecule has 2 unspecified atom stereocenters. The molecule has 4 heteroatoms. The minimum atomic E-state index is 0.144. The van der Waals surface area contributed by atoms with Gasteiger partial charge in [-0.15, -0.1) is 0 Å². The standard InChI is InChI=1S/C13H26N2O2/c1-10(2)15(7-8-17-4)13(16)12-6-5-11(3)14-9-12/h10-12,14H,5-9H2,1-4H3. The molecule has 0 aromatic carbocycles. The van der Waals surface area contributed by atoms with Crippen molar-refractivity contribution in [1.29, 1.82) is 0 Å². The average molecular weight is 242 g/mol. The van der Waals surface area contributed by atoms with E-state index < -0.39 is 0 Å². The lowest BCUT2D eigenvalue weighted by Crippen LogP contribution is -2.48. The smallest absolute Gasteiger partial charge is 0.227 e. The van der Waals surface area contributed by atoms with Crippen molar-refractivity contribution in [3.8, 4) is 0 Å². The fourth-order valence-electron chi connectivity index (χ4n) is 2.26. The predicted octanol–water partition coefficient (Wildman–Crippen LogP) is 1.26. The van der Waals surface area contributed by atoms with E-state index in [1.807, 2.05) is 4.90 Å². The summed E-state index contributed by atoms with van der Waals surface area (Å²) in [5, 5.41) is 3.38. The molecule has 1 aliphatic rings. The average Bonchev–Trinajstić information content (AvgIpc) is 2.29. The third kappa shape index (κ3) is 4.28. The molecule has 0 aliphatic carbocycles. The normalized spacial score (nSPS) is 25.0. The molecule has 1 heterocycles. The van der Waals surface area contributed by atoms with Gasteiger partial charge in [0.25, 0.3) is 0 Å². The maximum absolute atomic E-state index is 12.4. The van der Waals surface area contributed by atoms with E-state index in [9.17, 15) is 4.79 Å². The van der Waals surface area contributed by atoms with Gasteiger partial charge in [-0.1, -0.05) is 0 Å². The van der Waals surface area contributed by atoms with Gasteiger partial charge in [-0.05, 0) is 33.6 Å². The van der Waals surface area contributed by atoms with Crippen LogP contribution >= 0.6 is 0 Å². The monoisotopic (exact) mass is 242 g/mol. The molecule has 0 radical (unpaired) electrons. The van der Waals surface area contributed by atoms with Crippen molar-refractivity contribution in [2.75, 3.05) is 26.8 Å². The van der Waals surface area contributed by atoms with E-state index in [1.54, 1.807) is 7.11 Å². The van der Waals surface area contributed by atoms with Gasteiger partial charge >= 0.3 is 0 Å². The second-order valence-corrected chi connectivity index (χ2v) is 5.20. The number of piperidine rings is 1. The zero-order valence-corrected chi connectivity index (χ0v) is 11.5. The molecule has 0 aromatic rings. The number of hydrogen-bond acceptors (Lipinski definition) is 3. The van der Waals surface area contributed by atoms with Gasteiger partial charge in [-0.2, -0.15) is 0 Å². The Hall–Kier alpha value is -0.610. The highest BCUT2D eigenvalue weighted by molar-refractivity contribution is 5.79.